The average Bonchev–Trinajstić information content (AvgIpc) is 1.55. The number of piperidine rings is 3. The molecule has 10 aliphatic heterocycles. The minimum atomic E-state index is -0.570. The van der Waals surface area contributed by atoms with E-state index in [1.165, 1.54) is 77.8 Å². The van der Waals surface area contributed by atoms with Crippen molar-refractivity contribution in [2.75, 3.05) is 164 Å². The Kier molecular flexibility index (Phi) is 34.9. The van der Waals surface area contributed by atoms with E-state index in [-0.39, 0.29) is 167 Å². The van der Waals surface area contributed by atoms with Crippen molar-refractivity contribution >= 4 is 123 Å². The zero-order valence-corrected chi connectivity index (χ0v) is 87.9. The number of anilines is 4. The van der Waals surface area contributed by atoms with Crippen LogP contribution in [0.5, 0.6) is 0 Å². The van der Waals surface area contributed by atoms with E-state index in [0.717, 1.165) is 107 Å². The lowest BCUT2D eigenvalue weighted by Crippen LogP contribution is -2.53. The number of hydrogen-bond donors (Lipinski definition) is 2. The second-order valence-corrected chi connectivity index (χ2v) is 49.8. The molecule has 10 heterocycles. The van der Waals surface area contributed by atoms with Crippen LogP contribution in [0.4, 0.5) is 45.1 Å². The number of Topliss-reactive ketones (excluding diaryl/α,β-unsaturated/α-hetero) is 1. The van der Waals surface area contributed by atoms with E-state index < -0.39 is 21.1 Å². The van der Waals surface area contributed by atoms with Crippen molar-refractivity contribution in [2.24, 2.45) is 22.2 Å². The topological polar surface area (TPSA) is 220 Å². The molecule has 0 bridgehead atoms. The number of imide groups is 1. The molecule has 0 aliphatic carbocycles. The van der Waals surface area contributed by atoms with E-state index in [0.29, 0.717) is 138 Å². The molecule has 0 aromatic heterocycles. The smallest absolute Gasteiger partial charge is 0.324 e. The zero-order valence-electron chi connectivity index (χ0n) is 84.7. The maximum atomic E-state index is 15.7. The highest BCUT2D eigenvalue weighted by atomic mass is 35.5. The lowest BCUT2D eigenvalue weighted by Gasteiger charge is -2.43. The first kappa shape index (κ1) is 107. The lowest BCUT2D eigenvalue weighted by atomic mass is 9.88. The number of ketones is 1. The highest BCUT2D eigenvalue weighted by molar-refractivity contribution is 8.01. The highest BCUT2D eigenvalue weighted by Crippen LogP contribution is 2.53. The van der Waals surface area contributed by atoms with Crippen molar-refractivity contribution in [3.63, 3.8) is 0 Å². The van der Waals surface area contributed by atoms with Crippen LogP contribution in [-0.2, 0) is 33.6 Å². The first-order valence-corrected chi connectivity index (χ1v) is 53.1. The predicted molar refractivity (Wildman–Crippen MR) is 552 cm³/mol. The van der Waals surface area contributed by atoms with Gasteiger partial charge in [0.2, 0.25) is 41.4 Å². The number of thioether (sulfide) groups is 3. The van der Waals surface area contributed by atoms with Crippen molar-refractivity contribution in [3.05, 3.63) is 154 Å². The normalized spacial score (nSPS) is 22.7. The van der Waals surface area contributed by atoms with Crippen LogP contribution in [0.3, 0.4) is 0 Å². The summed E-state index contributed by atoms with van der Waals surface area (Å²) in [6.45, 7) is 53.3. The number of piperazine rings is 3. The predicted octanol–water partition coefficient (Wildman–Crippen LogP) is 18.6. The second kappa shape index (κ2) is 45.1. The van der Waals surface area contributed by atoms with Gasteiger partial charge in [0.15, 0.2) is 5.78 Å². The van der Waals surface area contributed by atoms with E-state index in [2.05, 4.69) is 165 Å². The Balaban J connectivity index is 0.000000200. The van der Waals surface area contributed by atoms with Crippen LogP contribution in [0.25, 0.3) is 0 Å². The molecule has 9 amide bonds. The average molecular weight is 1990 g/mol. The molecule has 4 unspecified atom stereocenters. The third kappa shape index (κ3) is 27.4. The summed E-state index contributed by atoms with van der Waals surface area (Å²) in [4.78, 5) is 146. The molecule has 138 heavy (non-hydrogen) atoms. The maximum Gasteiger partial charge on any atom is 0.324 e. The third-order valence-corrected chi connectivity index (χ3v) is 33.4. The van der Waals surface area contributed by atoms with Gasteiger partial charge in [-0.2, -0.15) is 0 Å². The van der Waals surface area contributed by atoms with Crippen molar-refractivity contribution in [3.8, 4) is 0 Å². The van der Waals surface area contributed by atoms with Crippen LogP contribution >= 0.6 is 46.9 Å². The quantitative estimate of drug-likeness (QED) is 0.0353. The molecule has 32 heteroatoms. The number of rotatable bonds is 23. The molecule has 24 nitrogen and oxygen atoms in total. The Labute approximate surface area is 837 Å². The van der Waals surface area contributed by atoms with Gasteiger partial charge in [-0.05, 0) is 203 Å². The fourth-order valence-electron chi connectivity index (χ4n) is 20.3. The molecule has 760 valence electrons. The molecule has 6 atom stereocenters. The molecule has 0 spiro atoms. The van der Waals surface area contributed by atoms with E-state index in [9.17, 15) is 47.5 Å². The number of likely N-dealkylation sites (tertiary alicyclic amines) is 3. The van der Waals surface area contributed by atoms with Crippen molar-refractivity contribution in [1.29, 1.82) is 0 Å². The van der Waals surface area contributed by atoms with E-state index >= 15 is 13.2 Å². The largest absolute Gasteiger partial charge is 0.382 e. The summed E-state index contributed by atoms with van der Waals surface area (Å²) in [7, 11) is 0. The van der Waals surface area contributed by atoms with Gasteiger partial charge < -0.3 is 54.3 Å². The Morgan fingerprint density at radius 3 is 1.03 bits per heavy atom. The van der Waals surface area contributed by atoms with Crippen LogP contribution in [0.1, 0.15) is 248 Å². The maximum absolute atomic E-state index is 15.7. The van der Waals surface area contributed by atoms with Crippen LogP contribution in [-0.4, -0.2) is 291 Å². The Morgan fingerprint density at radius 2 is 0.725 bits per heavy atom. The van der Waals surface area contributed by atoms with E-state index in [4.69, 9.17) is 11.6 Å². The molecule has 5 aromatic rings. The van der Waals surface area contributed by atoms with Crippen molar-refractivity contribution in [1.82, 2.24) is 54.3 Å². The number of carbonyl (C=O) groups is 9. The van der Waals surface area contributed by atoms with Gasteiger partial charge in [-0.15, -0.1) is 35.3 Å². The number of halogens is 5. The summed E-state index contributed by atoms with van der Waals surface area (Å²) in [6.07, 6.45) is 6.62. The Morgan fingerprint density at radius 1 is 0.406 bits per heavy atom. The van der Waals surface area contributed by atoms with Crippen LogP contribution in [0.15, 0.2) is 103 Å². The fourth-order valence-corrected chi connectivity index (χ4v) is 24.9. The molecule has 5 aromatic carbocycles. The summed E-state index contributed by atoms with van der Waals surface area (Å²) in [5, 5.41) is 3.84. The molecule has 10 saturated heterocycles. The van der Waals surface area contributed by atoms with Crippen LogP contribution in [0.2, 0.25) is 5.02 Å². The summed E-state index contributed by atoms with van der Waals surface area (Å²) in [6, 6.07) is 28.7. The van der Waals surface area contributed by atoms with Gasteiger partial charge in [-0.1, -0.05) is 110 Å². The molecule has 0 saturated carbocycles. The summed E-state index contributed by atoms with van der Waals surface area (Å²) in [5.74, 6) is -2.07. The van der Waals surface area contributed by atoms with Gasteiger partial charge in [0.1, 0.15) is 45.9 Å². The van der Waals surface area contributed by atoms with Crippen molar-refractivity contribution in [2.45, 2.75) is 262 Å². The van der Waals surface area contributed by atoms with Crippen molar-refractivity contribution < 1.29 is 63.6 Å². The standard InChI is InChI=1S/C37H50F2N4O3S.C36H51ClFN5O2S.C33H49FN6O4S.2H2/c1-36(2,3)16-19-43-34(46)30(24-31(44)40-17-14-26(15-18-40)33(45)25-10-12-27(38)13-11-25)47-35(43)28-8-7-9-29(39)32(28)41-20-22-42(23-21-41)37(4,5)6;1-35(2,3)16-19-43-33(45)30(24-31(44)40-17-14-27(15-18-40)39-26-12-10-25(37)11-13-26)46-34(43)28-8-7-9-29(38)32(28)41-20-22-42(23-21-41)36(4,5)6;1-32(2,3)12-15-39-29(43)25(20-27(42)36-13-10-22(11-14-36)40-21-26(41)35-31(40)44)45-30(39)23-8-7-9-24(34)28(23)37-16-18-38(19-17-37)33(4,5)6;;/h7-13,26,30,35H,14-24H2,1-6H3;7-13,27,30,34,39H,14-24H2,1-6H3;7-9,22,25,30H,10-21H2,1-6H3,(H,35,41,44);2*1H/t30-,35?;;25-,30?;;/m0.0../s1. The second-order valence-electron chi connectivity index (χ2n) is 45.5. The molecule has 15 rings (SSSR count). The SMILES string of the molecule is CC(C)(C)CCN1C(=O)C(CC(=O)N2CCC(Nc3ccc(Cl)cc3)CC2)SC1c1cccc(F)c1N1CCN(C(C)(C)C)CC1.CC(C)(C)CCN1C(=O)[C@H](CC(=O)N2CCC(C(=O)c3ccc(F)cc3)CC2)SC1c1cccc(F)c1N1CCN(C(C)(C)C)CC1.CC(C)(C)CCN1C(=O)[C@H](CC(=O)N2CCC(N3CC(=O)NC3=O)CC2)SC1c1cccc(F)c1N1CCN(C(C)(C)C)CC1.[HH].[HH]. The number of nitrogens with zero attached hydrogens (tertiary/aromatic N) is 13. The third-order valence-electron chi connectivity index (χ3n) is 28.8. The number of benzene rings is 5. The number of urea groups is 1. The molecule has 0 radical (unpaired) electrons. The summed E-state index contributed by atoms with van der Waals surface area (Å²) >= 11 is 10.5. The van der Waals surface area contributed by atoms with Gasteiger partial charge in [0, 0.05) is 227 Å². The molecule has 10 aliphatic rings. The molecular formula is C106H154ClF4N15O9S3. The Bertz CT molecular complexity index is 5110. The monoisotopic (exact) mass is 1990 g/mol. The minimum Gasteiger partial charge on any atom is -0.382 e. The van der Waals surface area contributed by atoms with Gasteiger partial charge in [0.25, 0.3) is 0 Å². The Hall–Kier alpha value is -8.33. The number of carbonyl (C=O) groups excluding carboxylic acids is 9. The number of nitrogens with one attached hydrogen (secondary N) is 2. The van der Waals surface area contributed by atoms with Gasteiger partial charge >= 0.3 is 6.03 Å². The van der Waals surface area contributed by atoms with Crippen LogP contribution in [0, 0.1) is 45.4 Å². The fraction of sp³-hybridized carbons (Fsp3) is 0.632. The van der Waals surface area contributed by atoms with Gasteiger partial charge in [0.05, 0.1) is 32.8 Å². The summed E-state index contributed by atoms with van der Waals surface area (Å²) < 4.78 is 60.4. The lowest BCUT2D eigenvalue weighted by molar-refractivity contribution is -0.137. The number of hydrogen-bond acceptors (Lipinski definition) is 19. The highest BCUT2D eigenvalue weighted by Gasteiger charge is 2.50. The number of amides is 9. The zero-order chi connectivity index (χ0) is 100. The first-order valence-electron chi connectivity index (χ1n) is 49.9. The summed E-state index contributed by atoms with van der Waals surface area (Å²) in [5.41, 5.74) is 5.81. The molecular weight excluding hydrogens is 1830 g/mol. The molecule has 2 N–H and O–H groups in total. The van der Waals surface area contributed by atoms with Gasteiger partial charge in [-0.25, -0.2) is 22.4 Å². The van der Waals surface area contributed by atoms with E-state index in [1.807, 2.05) is 62.1 Å². The number of para-hydroxylation sites is 3. The van der Waals surface area contributed by atoms with Gasteiger partial charge in [-0.3, -0.25) is 58.4 Å². The molecule has 10 fully saturated rings. The minimum absolute atomic E-state index is 0. The van der Waals surface area contributed by atoms with Crippen LogP contribution < -0.4 is 25.3 Å². The first-order chi connectivity index (χ1) is 64.9. The van der Waals surface area contributed by atoms with E-state index in [1.54, 1.807) is 32.9 Å².